The zero-order chi connectivity index (χ0) is 6.10. The summed E-state index contributed by atoms with van der Waals surface area (Å²) >= 11 is 1.60. The highest BCUT2D eigenvalue weighted by Gasteiger charge is 1.91. The minimum Gasteiger partial charge on any atom is -0.252 e. The van der Waals surface area contributed by atoms with E-state index in [2.05, 4.69) is 16.2 Å². The molecule has 0 aliphatic rings. The molecule has 2 heterocycles. The summed E-state index contributed by atoms with van der Waals surface area (Å²) in [4.78, 5) is 7.86. The van der Waals surface area contributed by atoms with Crippen molar-refractivity contribution in [2.24, 2.45) is 0 Å². The first-order chi connectivity index (χ1) is 4.47. The monoisotopic (exact) mass is 135 g/mol. The van der Waals surface area contributed by atoms with Crippen molar-refractivity contribution >= 4 is 21.6 Å². The van der Waals surface area contributed by atoms with E-state index >= 15 is 0 Å². The summed E-state index contributed by atoms with van der Waals surface area (Å²) in [5.74, 6) is 0. The molecule has 0 fully saturated rings. The lowest BCUT2D eigenvalue weighted by Gasteiger charge is -1.79. The van der Waals surface area contributed by atoms with Crippen molar-refractivity contribution in [1.82, 2.24) is 9.97 Å². The molecule has 43 valence electrons. The maximum absolute atomic E-state index is 4.05. The summed E-state index contributed by atoms with van der Waals surface area (Å²) in [6.45, 7) is 0. The van der Waals surface area contributed by atoms with Crippen LogP contribution in [0.15, 0.2) is 17.8 Å². The molecule has 2 nitrogen and oxygen atoms in total. The van der Waals surface area contributed by atoms with E-state index < -0.39 is 0 Å². The van der Waals surface area contributed by atoms with Gasteiger partial charge in [0.25, 0.3) is 0 Å². The molecule has 0 aliphatic heterocycles. The molecular formula is C6H3N2S. The second kappa shape index (κ2) is 1.77. The number of pyridine rings is 1. The van der Waals surface area contributed by atoms with Gasteiger partial charge in [-0.2, -0.15) is 0 Å². The molecule has 0 atom stereocenters. The zero-order valence-electron chi connectivity index (χ0n) is 4.53. The molecule has 2 aromatic heterocycles. The Morgan fingerprint density at radius 1 is 1.56 bits per heavy atom. The van der Waals surface area contributed by atoms with Crippen LogP contribution in [-0.4, -0.2) is 9.97 Å². The van der Waals surface area contributed by atoms with Crippen molar-refractivity contribution in [1.29, 1.82) is 0 Å². The SMILES string of the molecule is [c]1cc2scnc2cn1. The van der Waals surface area contributed by atoms with Crippen LogP contribution in [0.4, 0.5) is 0 Å². The third kappa shape index (κ3) is 0.695. The van der Waals surface area contributed by atoms with E-state index in [-0.39, 0.29) is 0 Å². The summed E-state index contributed by atoms with van der Waals surface area (Å²) in [6.07, 6.45) is 4.46. The van der Waals surface area contributed by atoms with Gasteiger partial charge in [0, 0.05) is 0 Å². The second-order valence-corrected chi connectivity index (χ2v) is 2.52. The third-order valence-electron chi connectivity index (χ3n) is 1.08. The number of nitrogens with zero attached hydrogens (tertiary/aromatic N) is 2. The van der Waals surface area contributed by atoms with Gasteiger partial charge < -0.3 is 0 Å². The summed E-state index contributed by atoms with van der Waals surface area (Å²) in [7, 11) is 0. The Labute approximate surface area is 56.2 Å². The Balaban J connectivity index is 2.95. The van der Waals surface area contributed by atoms with Crippen LogP contribution in [-0.2, 0) is 0 Å². The van der Waals surface area contributed by atoms with Crippen molar-refractivity contribution in [3.63, 3.8) is 0 Å². The molecule has 1 radical (unpaired) electrons. The van der Waals surface area contributed by atoms with Gasteiger partial charge in [0.15, 0.2) is 0 Å². The molecule has 0 aromatic carbocycles. The van der Waals surface area contributed by atoms with Gasteiger partial charge in [-0.3, -0.25) is 4.98 Å². The van der Waals surface area contributed by atoms with Gasteiger partial charge in [-0.25, -0.2) is 4.98 Å². The van der Waals surface area contributed by atoms with Gasteiger partial charge in [-0.05, 0) is 6.07 Å². The Kier molecular flexibility index (Phi) is 0.960. The molecule has 2 aromatic rings. The van der Waals surface area contributed by atoms with Crippen molar-refractivity contribution in [2.45, 2.75) is 0 Å². The van der Waals surface area contributed by atoms with Gasteiger partial charge in [0.2, 0.25) is 0 Å². The molecule has 9 heavy (non-hydrogen) atoms. The maximum atomic E-state index is 4.05. The molecule has 0 saturated carbocycles. The van der Waals surface area contributed by atoms with Gasteiger partial charge >= 0.3 is 0 Å². The minimum atomic E-state index is 0.957. The van der Waals surface area contributed by atoms with Gasteiger partial charge in [0.05, 0.1) is 28.1 Å². The number of hydrogen-bond acceptors (Lipinski definition) is 3. The average Bonchev–Trinajstić information content (AvgIpc) is 2.33. The van der Waals surface area contributed by atoms with Crippen LogP contribution in [0.5, 0.6) is 0 Å². The predicted molar refractivity (Wildman–Crippen MR) is 36.3 cm³/mol. The fourth-order valence-electron chi connectivity index (χ4n) is 0.663. The first-order valence-electron chi connectivity index (χ1n) is 2.52. The first kappa shape index (κ1) is 4.88. The third-order valence-corrected chi connectivity index (χ3v) is 1.87. The van der Waals surface area contributed by atoms with E-state index in [0.717, 1.165) is 10.2 Å². The van der Waals surface area contributed by atoms with Crippen LogP contribution in [0.1, 0.15) is 0 Å². The van der Waals surface area contributed by atoms with Gasteiger partial charge in [0.1, 0.15) is 0 Å². The molecule has 2 rings (SSSR count). The fraction of sp³-hybridized carbons (Fsp3) is 0. The van der Waals surface area contributed by atoms with Crippen molar-refractivity contribution < 1.29 is 0 Å². The van der Waals surface area contributed by atoms with E-state index in [1.54, 1.807) is 23.0 Å². The second-order valence-electron chi connectivity index (χ2n) is 1.63. The Morgan fingerprint density at radius 2 is 2.56 bits per heavy atom. The maximum Gasteiger partial charge on any atom is 0.0995 e. The number of rotatable bonds is 0. The van der Waals surface area contributed by atoms with Crippen LogP contribution >= 0.6 is 11.3 Å². The van der Waals surface area contributed by atoms with Crippen LogP contribution in [0, 0.1) is 6.20 Å². The Hall–Kier alpha value is -0.960. The van der Waals surface area contributed by atoms with Crippen molar-refractivity contribution in [3.8, 4) is 0 Å². The van der Waals surface area contributed by atoms with Gasteiger partial charge in [-0.1, -0.05) is 0 Å². The van der Waals surface area contributed by atoms with Crippen LogP contribution < -0.4 is 0 Å². The van der Waals surface area contributed by atoms with Crippen molar-refractivity contribution in [2.75, 3.05) is 0 Å². The molecule has 0 spiro atoms. The lowest BCUT2D eigenvalue weighted by Crippen LogP contribution is -1.68. The molecule has 0 aliphatic carbocycles. The van der Waals surface area contributed by atoms with Crippen LogP contribution in [0.2, 0.25) is 0 Å². The standard InChI is InChI=1S/C6H3N2S/c1-2-7-3-5-6(1)9-4-8-5/h1,3-4H. The number of aromatic nitrogens is 2. The quantitative estimate of drug-likeness (QED) is 0.547. The molecule has 0 saturated heterocycles. The molecule has 3 heteroatoms. The van der Waals surface area contributed by atoms with Gasteiger partial charge in [-0.15, -0.1) is 11.3 Å². The van der Waals surface area contributed by atoms with Crippen LogP contribution in [0.25, 0.3) is 10.2 Å². The Bertz CT molecular complexity index is 285. The van der Waals surface area contributed by atoms with E-state index in [1.165, 1.54) is 0 Å². The van der Waals surface area contributed by atoms with E-state index in [1.807, 2.05) is 6.07 Å². The summed E-state index contributed by atoms with van der Waals surface area (Å²) < 4.78 is 1.14. The minimum absolute atomic E-state index is 0.957. The summed E-state index contributed by atoms with van der Waals surface area (Å²) in [5.41, 5.74) is 2.76. The summed E-state index contributed by atoms with van der Waals surface area (Å²) in [5, 5.41) is 0. The van der Waals surface area contributed by atoms with Crippen molar-refractivity contribution in [3.05, 3.63) is 24.0 Å². The number of fused-ring (bicyclic) bond motifs is 1. The highest BCUT2D eigenvalue weighted by Crippen LogP contribution is 2.13. The smallest absolute Gasteiger partial charge is 0.0995 e. The fourth-order valence-corrected chi connectivity index (χ4v) is 1.29. The predicted octanol–water partition coefficient (Wildman–Crippen LogP) is 1.49. The molecular weight excluding hydrogens is 132 g/mol. The largest absolute Gasteiger partial charge is 0.252 e. The molecule has 0 amide bonds. The zero-order valence-corrected chi connectivity index (χ0v) is 5.35. The lowest BCUT2D eigenvalue weighted by atomic mass is 10.5. The highest BCUT2D eigenvalue weighted by molar-refractivity contribution is 7.16. The highest BCUT2D eigenvalue weighted by atomic mass is 32.1. The normalized spacial score (nSPS) is 10.2. The molecule has 0 unspecified atom stereocenters. The van der Waals surface area contributed by atoms with E-state index in [9.17, 15) is 0 Å². The van der Waals surface area contributed by atoms with Crippen LogP contribution in [0.3, 0.4) is 0 Å². The lowest BCUT2D eigenvalue weighted by molar-refractivity contribution is 1.32. The number of thiazole rings is 1. The summed E-state index contributed by atoms with van der Waals surface area (Å²) in [6, 6.07) is 1.84. The van der Waals surface area contributed by atoms with E-state index in [4.69, 9.17) is 0 Å². The molecule has 0 N–H and O–H groups in total. The first-order valence-corrected chi connectivity index (χ1v) is 3.40. The number of hydrogen-bond donors (Lipinski definition) is 0. The molecule has 0 bridgehead atoms. The van der Waals surface area contributed by atoms with E-state index in [0.29, 0.717) is 0 Å². The Morgan fingerprint density at radius 3 is 3.44 bits per heavy atom. The topological polar surface area (TPSA) is 25.8 Å². The average molecular weight is 135 g/mol.